The molecule has 0 atom stereocenters. The third-order valence-corrected chi connectivity index (χ3v) is 14.3. The molecular formula is C51H28N2OS2. The van der Waals surface area contributed by atoms with Crippen molar-refractivity contribution in [3.8, 4) is 45.3 Å². The Balaban J connectivity index is 1.15. The number of ether oxygens (including phenoxy) is 1. The Morgan fingerprint density at radius 2 is 1.14 bits per heavy atom. The van der Waals surface area contributed by atoms with Crippen LogP contribution in [0.2, 0.25) is 0 Å². The van der Waals surface area contributed by atoms with Gasteiger partial charge in [-0.05, 0) is 69.4 Å². The highest BCUT2D eigenvalue weighted by Crippen LogP contribution is 2.63. The van der Waals surface area contributed by atoms with Gasteiger partial charge in [-0.25, -0.2) is 9.97 Å². The van der Waals surface area contributed by atoms with Gasteiger partial charge in [0, 0.05) is 52.5 Å². The van der Waals surface area contributed by atoms with Gasteiger partial charge in [-0.15, -0.1) is 22.7 Å². The predicted molar refractivity (Wildman–Crippen MR) is 234 cm³/mol. The number of hydrogen-bond acceptors (Lipinski definition) is 5. The van der Waals surface area contributed by atoms with E-state index in [2.05, 4.69) is 170 Å². The van der Waals surface area contributed by atoms with Gasteiger partial charge in [0.15, 0.2) is 5.82 Å². The Hall–Kier alpha value is -6.66. The van der Waals surface area contributed by atoms with E-state index in [4.69, 9.17) is 14.7 Å². The van der Waals surface area contributed by atoms with E-state index in [1.807, 2.05) is 11.3 Å². The summed E-state index contributed by atoms with van der Waals surface area (Å²) >= 11 is 3.60. The van der Waals surface area contributed by atoms with Gasteiger partial charge in [-0.3, -0.25) is 0 Å². The van der Waals surface area contributed by atoms with Crippen LogP contribution in [0.25, 0.3) is 85.0 Å². The average Bonchev–Trinajstić information content (AvgIpc) is 3.92. The molecule has 0 amide bonds. The number of benzene rings is 8. The third kappa shape index (κ3) is 3.95. The van der Waals surface area contributed by atoms with E-state index in [-0.39, 0.29) is 0 Å². The Morgan fingerprint density at radius 1 is 0.464 bits per heavy atom. The molecule has 0 bridgehead atoms. The second kappa shape index (κ2) is 11.2. The Bertz CT molecular complexity index is 3440. The minimum atomic E-state index is -0.605. The number of aromatic nitrogens is 2. The van der Waals surface area contributed by atoms with Gasteiger partial charge >= 0.3 is 0 Å². The summed E-state index contributed by atoms with van der Waals surface area (Å²) in [7, 11) is 0. The second-order valence-corrected chi connectivity index (χ2v) is 16.9. The molecule has 1 aliphatic heterocycles. The number of fused-ring (bicyclic) bond motifs is 17. The Kier molecular flexibility index (Phi) is 6.13. The van der Waals surface area contributed by atoms with Gasteiger partial charge in [0.2, 0.25) is 0 Å². The van der Waals surface area contributed by atoms with Gasteiger partial charge < -0.3 is 4.74 Å². The summed E-state index contributed by atoms with van der Waals surface area (Å²) in [4.78, 5) is 11.0. The number of thiophene rings is 2. The van der Waals surface area contributed by atoms with E-state index in [0.717, 1.165) is 60.9 Å². The molecular weight excluding hydrogens is 721 g/mol. The lowest BCUT2D eigenvalue weighted by Crippen LogP contribution is -2.32. The largest absolute Gasteiger partial charge is 0.457 e. The average molecular weight is 749 g/mol. The summed E-state index contributed by atoms with van der Waals surface area (Å²) in [6, 6.07) is 61.5. The molecule has 8 aromatic carbocycles. The van der Waals surface area contributed by atoms with Crippen LogP contribution in [0.3, 0.4) is 0 Å². The molecule has 260 valence electrons. The van der Waals surface area contributed by atoms with Crippen LogP contribution in [-0.2, 0) is 5.41 Å². The maximum atomic E-state index is 6.69. The van der Waals surface area contributed by atoms with Crippen molar-refractivity contribution in [3.63, 3.8) is 0 Å². The van der Waals surface area contributed by atoms with Crippen LogP contribution in [0.4, 0.5) is 0 Å². The first-order valence-corrected chi connectivity index (χ1v) is 20.5. The van der Waals surface area contributed by atoms with Crippen LogP contribution >= 0.6 is 22.7 Å². The molecule has 0 radical (unpaired) electrons. The first-order valence-electron chi connectivity index (χ1n) is 18.9. The third-order valence-electron chi connectivity index (χ3n) is 12.0. The summed E-state index contributed by atoms with van der Waals surface area (Å²) in [6.07, 6.45) is 0. The van der Waals surface area contributed by atoms with Crippen LogP contribution in [-0.4, -0.2) is 9.97 Å². The molecule has 1 aliphatic carbocycles. The molecule has 11 aromatic rings. The quantitative estimate of drug-likeness (QED) is 0.177. The fraction of sp³-hybridized carbons (Fsp3) is 0.0196. The molecule has 0 saturated carbocycles. The number of nitrogens with zero attached hydrogens (tertiary/aromatic N) is 2. The molecule has 1 spiro atoms. The number of hydrogen-bond donors (Lipinski definition) is 0. The molecule has 13 rings (SSSR count). The van der Waals surface area contributed by atoms with Crippen molar-refractivity contribution in [2.45, 2.75) is 5.41 Å². The van der Waals surface area contributed by atoms with Crippen molar-refractivity contribution in [1.82, 2.24) is 9.97 Å². The Labute approximate surface area is 329 Å². The minimum absolute atomic E-state index is 0.605. The summed E-state index contributed by atoms with van der Waals surface area (Å²) in [5, 5.41) is 6.09. The van der Waals surface area contributed by atoms with E-state index >= 15 is 0 Å². The van der Waals surface area contributed by atoms with E-state index in [0.29, 0.717) is 0 Å². The molecule has 4 heterocycles. The molecule has 0 N–H and O–H groups in total. The van der Waals surface area contributed by atoms with Gasteiger partial charge in [-0.2, -0.15) is 0 Å². The highest BCUT2D eigenvalue weighted by Gasteiger charge is 2.51. The molecule has 3 nitrogen and oxygen atoms in total. The van der Waals surface area contributed by atoms with Crippen LogP contribution in [0.1, 0.15) is 22.3 Å². The zero-order valence-electron chi connectivity index (χ0n) is 29.8. The number of rotatable bonds is 2. The van der Waals surface area contributed by atoms with Gasteiger partial charge in [0.25, 0.3) is 0 Å². The van der Waals surface area contributed by atoms with Gasteiger partial charge in [0.1, 0.15) is 11.5 Å². The molecule has 3 aromatic heterocycles. The van der Waals surface area contributed by atoms with Crippen LogP contribution in [0, 0.1) is 0 Å². The molecule has 0 saturated heterocycles. The normalized spacial score (nSPS) is 13.6. The van der Waals surface area contributed by atoms with Crippen molar-refractivity contribution < 1.29 is 4.74 Å². The smallest absolute Gasteiger partial charge is 0.161 e. The van der Waals surface area contributed by atoms with E-state index in [1.54, 1.807) is 11.3 Å². The lowest BCUT2D eigenvalue weighted by Gasteiger charge is -2.39. The molecule has 56 heavy (non-hydrogen) atoms. The first-order chi connectivity index (χ1) is 27.8. The van der Waals surface area contributed by atoms with Crippen molar-refractivity contribution in [1.29, 1.82) is 0 Å². The lowest BCUT2D eigenvalue weighted by atomic mass is 9.66. The standard InChI is InChI=1S/C51H28N2OS2/c1-2-13-31-29(12-1)25-27-38-45(31)32-26-24-30(28-39(32)51(38)36-17-5-7-19-40(36)54-41-20-8-6-18-37(41)51)47-49-48(34-15-4-10-22-43(34)56-49)53-50(52-47)35-16-11-23-44-46(35)33-14-3-9-21-42(33)55-44/h1-28H. The van der Waals surface area contributed by atoms with Crippen molar-refractivity contribution in [3.05, 3.63) is 192 Å². The molecule has 5 heteroatoms. The molecule has 0 unspecified atom stereocenters. The Morgan fingerprint density at radius 3 is 1.96 bits per heavy atom. The van der Waals surface area contributed by atoms with Crippen LogP contribution in [0.15, 0.2) is 170 Å². The monoisotopic (exact) mass is 748 g/mol. The zero-order chi connectivity index (χ0) is 36.5. The predicted octanol–water partition coefficient (Wildman–Crippen LogP) is 14.2. The van der Waals surface area contributed by atoms with E-state index < -0.39 is 5.41 Å². The van der Waals surface area contributed by atoms with Gasteiger partial charge in [0.05, 0.1) is 21.3 Å². The fourth-order valence-electron chi connectivity index (χ4n) is 9.68. The fourth-order valence-corrected chi connectivity index (χ4v) is 12.0. The number of para-hydroxylation sites is 2. The summed E-state index contributed by atoms with van der Waals surface area (Å²) in [5.41, 5.74) is 10.8. The zero-order valence-corrected chi connectivity index (χ0v) is 31.4. The highest BCUT2D eigenvalue weighted by molar-refractivity contribution is 7.26. The summed E-state index contributed by atoms with van der Waals surface area (Å²) < 4.78 is 11.5. The van der Waals surface area contributed by atoms with E-state index in [1.165, 1.54) is 57.9 Å². The van der Waals surface area contributed by atoms with Crippen molar-refractivity contribution in [2.24, 2.45) is 0 Å². The van der Waals surface area contributed by atoms with Crippen molar-refractivity contribution >= 4 is 73.9 Å². The molecule has 2 aliphatic rings. The maximum absolute atomic E-state index is 6.69. The minimum Gasteiger partial charge on any atom is -0.457 e. The maximum Gasteiger partial charge on any atom is 0.161 e. The topological polar surface area (TPSA) is 35.0 Å². The summed E-state index contributed by atoms with van der Waals surface area (Å²) in [5.74, 6) is 2.52. The summed E-state index contributed by atoms with van der Waals surface area (Å²) in [6.45, 7) is 0. The van der Waals surface area contributed by atoms with Gasteiger partial charge in [-0.1, -0.05) is 133 Å². The first kappa shape index (κ1) is 30.6. The van der Waals surface area contributed by atoms with E-state index in [9.17, 15) is 0 Å². The highest BCUT2D eigenvalue weighted by atomic mass is 32.1. The van der Waals surface area contributed by atoms with Crippen LogP contribution in [0.5, 0.6) is 11.5 Å². The lowest BCUT2D eigenvalue weighted by molar-refractivity contribution is 0.436. The SMILES string of the molecule is c1ccc2c(c1)Oc1ccccc1C21c2cc(-c3nc(-c4cccc5sc6ccccc6c45)nc4c3sc3ccccc34)ccc2-c2c1ccc1ccccc21. The molecule has 0 fully saturated rings. The van der Waals surface area contributed by atoms with Crippen molar-refractivity contribution in [2.75, 3.05) is 0 Å². The van der Waals surface area contributed by atoms with Crippen LogP contribution < -0.4 is 4.74 Å². The second-order valence-electron chi connectivity index (χ2n) is 14.8.